The van der Waals surface area contributed by atoms with Gasteiger partial charge in [0.15, 0.2) is 0 Å². The monoisotopic (exact) mass is 238 g/mol. The van der Waals surface area contributed by atoms with Gasteiger partial charge in [-0.05, 0) is 43.9 Å². The average molecular weight is 238 g/mol. The highest BCUT2D eigenvalue weighted by atomic mass is 16.2. The summed E-state index contributed by atoms with van der Waals surface area (Å²) in [5, 5.41) is 3.45. The van der Waals surface area contributed by atoms with Crippen LogP contribution < -0.4 is 5.32 Å². The first-order valence-electron chi connectivity index (χ1n) is 7.07. The first kappa shape index (κ1) is 12.9. The van der Waals surface area contributed by atoms with Gasteiger partial charge in [-0.3, -0.25) is 4.79 Å². The van der Waals surface area contributed by atoms with Crippen LogP contribution in [0.2, 0.25) is 0 Å². The summed E-state index contributed by atoms with van der Waals surface area (Å²) in [6.07, 6.45) is 4.99. The Morgan fingerprint density at radius 3 is 2.29 bits per heavy atom. The molecule has 2 aliphatic rings. The number of nitrogens with zero attached hydrogens (tertiary/aromatic N) is 1. The van der Waals surface area contributed by atoms with Crippen LogP contribution in [0.25, 0.3) is 0 Å². The zero-order valence-electron chi connectivity index (χ0n) is 11.5. The van der Waals surface area contributed by atoms with Gasteiger partial charge in [0.25, 0.3) is 0 Å². The summed E-state index contributed by atoms with van der Waals surface area (Å²) in [6, 6.07) is -0.00988. The summed E-state index contributed by atoms with van der Waals surface area (Å²) in [5.41, 5.74) is 0.486. The van der Waals surface area contributed by atoms with Crippen LogP contribution in [-0.4, -0.2) is 36.5 Å². The first-order chi connectivity index (χ1) is 8.05. The molecule has 1 N–H and O–H groups in total. The number of likely N-dealkylation sites (tertiary alicyclic amines) is 1. The van der Waals surface area contributed by atoms with Gasteiger partial charge in [-0.25, -0.2) is 0 Å². The summed E-state index contributed by atoms with van der Waals surface area (Å²) >= 11 is 0. The van der Waals surface area contributed by atoms with Crippen LogP contribution >= 0.6 is 0 Å². The smallest absolute Gasteiger partial charge is 0.239 e. The molecule has 1 saturated carbocycles. The third-order valence-electron chi connectivity index (χ3n) is 4.67. The molecule has 98 valence electrons. The van der Waals surface area contributed by atoms with Crippen molar-refractivity contribution in [1.29, 1.82) is 0 Å². The van der Waals surface area contributed by atoms with Crippen LogP contribution in [0, 0.1) is 11.3 Å². The van der Waals surface area contributed by atoms with Gasteiger partial charge >= 0.3 is 0 Å². The van der Waals surface area contributed by atoms with Crippen LogP contribution in [0.15, 0.2) is 0 Å². The topological polar surface area (TPSA) is 32.3 Å². The van der Waals surface area contributed by atoms with Crippen molar-refractivity contribution in [2.75, 3.05) is 19.6 Å². The molecule has 3 heteroatoms. The predicted octanol–water partition coefficient (Wildman–Crippen LogP) is 2.02. The highest BCUT2D eigenvalue weighted by molar-refractivity contribution is 5.81. The maximum atomic E-state index is 12.1. The second kappa shape index (κ2) is 4.97. The minimum absolute atomic E-state index is 0.00988. The second-order valence-electron chi connectivity index (χ2n) is 6.15. The molecule has 1 atom stereocenters. The summed E-state index contributed by atoms with van der Waals surface area (Å²) < 4.78 is 0. The lowest BCUT2D eigenvalue weighted by Gasteiger charge is -2.25. The predicted molar refractivity (Wildman–Crippen MR) is 69.8 cm³/mol. The van der Waals surface area contributed by atoms with E-state index in [1.165, 1.54) is 25.7 Å². The first-order valence-corrected chi connectivity index (χ1v) is 7.07. The van der Waals surface area contributed by atoms with Crippen molar-refractivity contribution in [3.8, 4) is 0 Å². The summed E-state index contributed by atoms with van der Waals surface area (Å²) in [4.78, 5) is 14.1. The minimum Gasteiger partial charge on any atom is -0.341 e. The van der Waals surface area contributed by atoms with Gasteiger partial charge in [0.2, 0.25) is 5.91 Å². The number of carbonyl (C=O) groups is 1. The van der Waals surface area contributed by atoms with E-state index in [1.807, 2.05) is 11.8 Å². The third-order valence-corrected chi connectivity index (χ3v) is 4.67. The van der Waals surface area contributed by atoms with Gasteiger partial charge in [0, 0.05) is 19.6 Å². The van der Waals surface area contributed by atoms with E-state index in [4.69, 9.17) is 0 Å². The van der Waals surface area contributed by atoms with Crippen LogP contribution in [0.1, 0.15) is 46.5 Å². The highest BCUT2D eigenvalue weighted by Crippen LogP contribution is 2.51. The average Bonchev–Trinajstić information content (AvgIpc) is 2.91. The second-order valence-corrected chi connectivity index (χ2v) is 6.15. The Morgan fingerprint density at radius 2 is 1.82 bits per heavy atom. The molecule has 1 aliphatic carbocycles. The molecular weight excluding hydrogens is 212 g/mol. The van der Waals surface area contributed by atoms with Crippen LogP contribution in [0.3, 0.4) is 0 Å². The molecule has 2 rings (SSSR count). The number of nitrogens with one attached hydrogen (secondary N) is 1. The molecule has 1 saturated heterocycles. The maximum absolute atomic E-state index is 12.1. The zero-order valence-corrected chi connectivity index (χ0v) is 11.5. The normalized spacial score (nSPS) is 24.1. The fourth-order valence-electron chi connectivity index (χ4n) is 2.77. The van der Waals surface area contributed by atoms with Gasteiger partial charge in [0.1, 0.15) is 0 Å². The van der Waals surface area contributed by atoms with Gasteiger partial charge in [-0.1, -0.05) is 13.8 Å². The molecule has 0 radical (unpaired) electrons. The van der Waals surface area contributed by atoms with Crippen molar-refractivity contribution in [1.82, 2.24) is 10.2 Å². The van der Waals surface area contributed by atoms with Crippen LogP contribution in [-0.2, 0) is 4.79 Å². The molecule has 2 fully saturated rings. The molecule has 1 unspecified atom stereocenters. The lowest BCUT2D eigenvalue weighted by Crippen LogP contribution is -2.45. The van der Waals surface area contributed by atoms with E-state index in [1.54, 1.807) is 0 Å². The van der Waals surface area contributed by atoms with E-state index >= 15 is 0 Å². The van der Waals surface area contributed by atoms with Gasteiger partial charge in [-0.2, -0.15) is 0 Å². The van der Waals surface area contributed by atoms with Crippen molar-refractivity contribution in [2.45, 2.75) is 52.5 Å². The molecule has 3 nitrogen and oxygen atoms in total. The van der Waals surface area contributed by atoms with Gasteiger partial charge in [-0.15, -0.1) is 0 Å². The van der Waals surface area contributed by atoms with Crippen molar-refractivity contribution in [3.63, 3.8) is 0 Å². The summed E-state index contributed by atoms with van der Waals surface area (Å²) in [7, 11) is 0. The zero-order chi connectivity index (χ0) is 12.5. The fourth-order valence-corrected chi connectivity index (χ4v) is 2.77. The molecule has 0 aromatic carbocycles. The van der Waals surface area contributed by atoms with Gasteiger partial charge < -0.3 is 10.2 Å². The SMILES string of the molecule is CC(NCC1(C(C)C)CC1)C(=O)N1CCCC1. The molecule has 0 bridgehead atoms. The molecule has 0 aromatic heterocycles. The van der Waals surface area contributed by atoms with Crippen molar-refractivity contribution in [2.24, 2.45) is 11.3 Å². The minimum atomic E-state index is -0.00988. The van der Waals surface area contributed by atoms with Crippen molar-refractivity contribution < 1.29 is 4.79 Å². The molecule has 0 spiro atoms. The molecule has 1 heterocycles. The standard InChI is InChI=1S/C14H26N2O/c1-11(2)14(6-7-14)10-15-12(3)13(17)16-8-4-5-9-16/h11-12,15H,4-10H2,1-3H3. The van der Waals surface area contributed by atoms with Crippen LogP contribution in [0.5, 0.6) is 0 Å². The summed E-state index contributed by atoms with van der Waals surface area (Å²) in [5.74, 6) is 1.02. The number of hydrogen-bond donors (Lipinski definition) is 1. The van der Waals surface area contributed by atoms with E-state index in [0.717, 1.165) is 25.6 Å². The van der Waals surface area contributed by atoms with Gasteiger partial charge in [0.05, 0.1) is 6.04 Å². The maximum Gasteiger partial charge on any atom is 0.239 e. The van der Waals surface area contributed by atoms with E-state index in [2.05, 4.69) is 19.2 Å². The van der Waals surface area contributed by atoms with E-state index in [9.17, 15) is 4.79 Å². The molecular formula is C14H26N2O. The van der Waals surface area contributed by atoms with E-state index in [0.29, 0.717) is 11.3 Å². The molecule has 1 amide bonds. The fraction of sp³-hybridized carbons (Fsp3) is 0.929. The van der Waals surface area contributed by atoms with E-state index < -0.39 is 0 Å². The lowest BCUT2D eigenvalue weighted by atomic mass is 9.92. The van der Waals surface area contributed by atoms with Crippen molar-refractivity contribution in [3.05, 3.63) is 0 Å². The molecule has 17 heavy (non-hydrogen) atoms. The highest BCUT2D eigenvalue weighted by Gasteiger charge is 2.45. The number of carbonyl (C=O) groups excluding carboxylic acids is 1. The Labute approximate surface area is 105 Å². The van der Waals surface area contributed by atoms with E-state index in [-0.39, 0.29) is 6.04 Å². The Morgan fingerprint density at radius 1 is 1.24 bits per heavy atom. The Balaban J connectivity index is 1.77. The number of amides is 1. The third kappa shape index (κ3) is 2.82. The molecule has 0 aromatic rings. The molecule has 1 aliphatic heterocycles. The largest absolute Gasteiger partial charge is 0.341 e. The van der Waals surface area contributed by atoms with Crippen LogP contribution in [0.4, 0.5) is 0 Å². The van der Waals surface area contributed by atoms with Crippen molar-refractivity contribution >= 4 is 5.91 Å². The summed E-state index contributed by atoms with van der Waals surface area (Å²) in [6.45, 7) is 9.52. The lowest BCUT2D eigenvalue weighted by molar-refractivity contribution is -0.132. The Hall–Kier alpha value is -0.570. The number of rotatable bonds is 5. The Kier molecular flexibility index (Phi) is 3.76. The quantitative estimate of drug-likeness (QED) is 0.795. The Bertz CT molecular complexity index is 278. The number of hydrogen-bond acceptors (Lipinski definition) is 2.